The average molecular weight is 158 g/mol. The van der Waals surface area contributed by atoms with E-state index in [4.69, 9.17) is 19.2 Å². The average Bonchev–Trinajstić information content (AvgIpc) is 0.722. The van der Waals surface area contributed by atoms with Gasteiger partial charge in [-0.15, -0.1) is 0 Å². The molecule has 0 spiro atoms. The standard InChI is InChI=1S/Ca.H3O4P.H2O.2H/c;1-5(2,3)4;;;/h;(H3,1,2,3,4);1H2;;/q+2;;;2*-1. The third-order valence-corrected chi connectivity index (χ3v) is 0. The normalized spacial score (nSPS) is 8.43. The van der Waals surface area contributed by atoms with Crippen molar-refractivity contribution >= 4 is 45.6 Å². The molecule has 0 unspecified atom stereocenters. The Morgan fingerprint density at radius 1 is 1.29 bits per heavy atom. The van der Waals surface area contributed by atoms with Gasteiger partial charge in [-0.25, -0.2) is 4.57 Å². The van der Waals surface area contributed by atoms with E-state index in [0.717, 1.165) is 0 Å². The van der Waals surface area contributed by atoms with Crippen molar-refractivity contribution in [2.45, 2.75) is 0 Å². The summed E-state index contributed by atoms with van der Waals surface area (Å²) in [5.41, 5.74) is 0. The molecule has 0 saturated carbocycles. The van der Waals surface area contributed by atoms with E-state index in [1.165, 1.54) is 0 Å². The summed E-state index contributed by atoms with van der Waals surface area (Å²) >= 11 is 0. The minimum Gasteiger partial charge on any atom is -1.00 e. The van der Waals surface area contributed by atoms with Gasteiger partial charge in [0, 0.05) is 0 Å². The molecule has 7 heteroatoms. The first-order valence-corrected chi connectivity index (χ1v) is 2.35. The van der Waals surface area contributed by atoms with Crippen molar-refractivity contribution in [3.05, 3.63) is 0 Å². The smallest absolute Gasteiger partial charge is 1.00 e. The van der Waals surface area contributed by atoms with Gasteiger partial charge < -0.3 is 23.0 Å². The molecule has 0 amide bonds. The van der Waals surface area contributed by atoms with Crippen LogP contribution in [0.4, 0.5) is 0 Å². The van der Waals surface area contributed by atoms with Crippen LogP contribution < -0.4 is 0 Å². The second kappa shape index (κ2) is 5.47. The number of hydrogen-bond acceptors (Lipinski definition) is 1. The molecule has 0 aliphatic heterocycles. The first-order chi connectivity index (χ1) is 2.00. The molecule has 0 aromatic carbocycles. The summed E-state index contributed by atoms with van der Waals surface area (Å²) in [6.45, 7) is 0. The Morgan fingerprint density at radius 3 is 1.29 bits per heavy atom. The van der Waals surface area contributed by atoms with Gasteiger partial charge in [0.2, 0.25) is 0 Å². The molecule has 0 fully saturated rings. The van der Waals surface area contributed by atoms with Crippen LogP contribution in [-0.2, 0) is 4.57 Å². The maximum absolute atomic E-state index is 8.88. The predicted octanol–water partition coefficient (Wildman–Crippen LogP) is -1.91. The molecule has 0 heterocycles. The minimum atomic E-state index is -4.64. The van der Waals surface area contributed by atoms with Gasteiger partial charge in [0.05, 0.1) is 0 Å². The van der Waals surface area contributed by atoms with E-state index in [0.29, 0.717) is 0 Å². The zero-order chi connectivity index (χ0) is 4.50. The first-order valence-electron chi connectivity index (χ1n) is 0.783. The zero-order valence-corrected chi connectivity index (χ0v) is 6.51. The van der Waals surface area contributed by atoms with E-state index in [2.05, 4.69) is 0 Å². The SMILES string of the molecule is O.O=P(O)(O)O.[Ca+2].[H-].[H-]. The molecule has 0 aliphatic carbocycles. The summed E-state index contributed by atoms with van der Waals surface area (Å²) in [5.74, 6) is 0. The quantitative estimate of drug-likeness (QED) is 0.282. The fraction of sp³-hybridized carbons (Fsp3) is 0. The molecule has 0 aromatic rings. The van der Waals surface area contributed by atoms with Crippen LogP contribution in [0.1, 0.15) is 2.85 Å². The third-order valence-electron chi connectivity index (χ3n) is 0. The van der Waals surface area contributed by atoms with Crippen LogP contribution in [0.3, 0.4) is 0 Å². The molecule has 0 radical (unpaired) electrons. The van der Waals surface area contributed by atoms with Crippen molar-refractivity contribution in [2.75, 3.05) is 0 Å². The second-order valence-corrected chi connectivity index (χ2v) is 1.54. The van der Waals surface area contributed by atoms with Crippen LogP contribution in [0.25, 0.3) is 0 Å². The number of phosphoric acid groups is 1. The molecule has 0 saturated heterocycles. The van der Waals surface area contributed by atoms with Crippen LogP contribution in [0.15, 0.2) is 0 Å². The van der Waals surface area contributed by atoms with E-state index >= 15 is 0 Å². The molecule has 0 rings (SSSR count). The Bertz CT molecular complexity index is 61.1. The molecule has 0 aliphatic rings. The first kappa shape index (κ1) is 15.8. The molecular formula is H7CaO5P. The number of rotatable bonds is 0. The van der Waals surface area contributed by atoms with Gasteiger partial charge in [0.15, 0.2) is 0 Å². The van der Waals surface area contributed by atoms with Crippen molar-refractivity contribution in [2.24, 2.45) is 0 Å². The van der Waals surface area contributed by atoms with Crippen LogP contribution in [-0.4, -0.2) is 57.9 Å². The molecule has 5 N–H and O–H groups in total. The fourth-order valence-electron chi connectivity index (χ4n) is 0. The second-order valence-electron chi connectivity index (χ2n) is 0.513. The Kier molecular flexibility index (Phi) is 12.3. The van der Waals surface area contributed by atoms with Gasteiger partial charge in [-0.1, -0.05) is 0 Å². The fourth-order valence-corrected chi connectivity index (χ4v) is 0. The van der Waals surface area contributed by atoms with Gasteiger partial charge in [0.1, 0.15) is 0 Å². The van der Waals surface area contributed by atoms with Gasteiger partial charge in [-0.05, 0) is 0 Å². The van der Waals surface area contributed by atoms with Crippen LogP contribution in [0.2, 0.25) is 0 Å². The Morgan fingerprint density at radius 2 is 1.29 bits per heavy atom. The monoisotopic (exact) mass is 158 g/mol. The van der Waals surface area contributed by atoms with Crippen molar-refractivity contribution in [3.63, 3.8) is 0 Å². The van der Waals surface area contributed by atoms with Crippen molar-refractivity contribution in [3.8, 4) is 0 Å². The molecule has 5 nitrogen and oxygen atoms in total. The minimum absolute atomic E-state index is 0. The third kappa shape index (κ3) is 118. The summed E-state index contributed by atoms with van der Waals surface area (Å²) in [6, 6.07) is 0. The maximum atomic E-state index is 8.88. The predicted molar refractivity (Wildman–Crippen MR) is 25.9 cm³/mol. The Balaban J connectivity index is -0.0000000133. The molecule has 7 heavy (non-hydrogen) atoms. The van der Waals surface area contributed by atoms with Crippen molar-refractivity contribution in [1.29, 1.82) is 0 Å². The summed E-state index contributed by atoms with van der Waals surface area (Å²) in [4.78, 5) is 21.6. The largest absolute Gasteiger partial charge is 2.00 e. The van der Waals surface area contributed by atoms with Crippen molar-refractivity contribution in [1.82, 2.24) is 0 Å². The summed E-state index contributed by atoms with van der Waals surface area (Å²) in [7, 11) is -4.64. The van der Waals surface area contributed by atoms with Crippen LogP contribution in [0.5, 0.6) is 0 Å². The van der Waals surface area contributed by atoms with E-state index in [1.807, 2.05) is 0 Å². The summed E-state index contributed by atoms with van der Waals surface area (Å²) < 4.78 is 8.88. The zero-order valence-electron chi connectivity index (χ0n) is 5.40. The topological polar surface area (TPSA) is 109 Å². The summed E-state index contributed by atoms with van der Waals surface area (Å²) in [5, 5.41) is 0. The van der Waals surface area contributed by atoms with E-state index in [1.54, 1.807) is 0 Å². The van der Waals surface area contributed by atoms with E-state index < -0.39 is 7.82 Å². The molecule has 0 aromatic heterocycles. The van der Waals surface area contributed by atoms with Gasteiger partial charge in [-0.2, -0.15) is 0 Å². The number of hydrogen-bond donors (Lipinski definition) is 3. The Hall–Kier alpha value is 1.33. The molecular weight excluding hydrogens is 151 g/mol. The maximum Gasteiger partial charge on any atom is 2.00 e. The van der Waals surface area contributed by atoms with Gasteiger partial charge >= 0.3 is 45.6 Å². The molecule has 44 valence electrons. The molecule has 0 bridgehead atoms. The Labute approximate surface area is 72.9 Å². The van der Waals surface area contributed by atoms with Crippen LogP contribution in [0, 0.1) is 0 Å². The van der Waals surface area contributed by atoms with Gasteiger partial charge in [-0.3, -0.25) is 0 Å². The van der Waals surface area contributed by atoms with E-state index in [-0.39, 0.29) is 46.1 Å². The molecule has 0 atom stereocenters. The van der Waals surface area contributed by atoms with Gasteiger partial charge in [0.25, 0.3) is 0 Å². The van der Waals surface area contributed by atoms with Crippen LogP contribution >= 0.6 is 7.82 Å². The van der Waals surface area contributed by atoms with Crippen molar-refractivity contribution < 1.29 is 27.6 Å². The summed E-state index contributed by atoms with van der Waals surface area (Å²) in [6.07, 6.45) is 0. The van der Waals surface area contributed by atoms with E-state index in [9.17, 15) is 0 Å².